The van der Waals surface area contributed by atoms with E-state index in [2.05, 4.69) is 43.7 Å². The highest BCUT2D eigenvalue weighted by molar-refractivity contribution is 5.36. The Kier molecular flexibility index (Phi) is 10.2. The van der Waals surface area contributed by atoms with Crippen molar-refractivity contribution in [3.05, 3.63) is 23.3 Å². The summed E-state index contributed by atoms with van der Waals surface area (Å²) in [6.07, 6.45) is 15.9. The molecular formula is C19H33N. The molecule has 1 saturated heterocycles. The highest BCUT2D eigenvalue weighted by Gasteiger charge is 2.38. The van der Waals surface area contributed by atoms with Gasteiger partial charge in [0, 0.05) is 0 Å². The van der Waals surface area contributed by atoms with Gasteiger partial charge in [-0.15, -0.1) is 12.3 Å². The van der Waals surface area contributed by atoms with Crippen LogP contribution in [0.1, 0.15) is 66.7 Å². The summed E-state index contributed by atoms with van der Waals surface area (Å²) in [7, 11) is 0. The predicted octanol–water partition coefficient (Wildman–Crippen LogP) is 5.10. The van der Waals surface area contributed by atoms with Gasteiger partial charge in [-0.2, -0.15) is 0 Å². The van der Waals surface area contributed by atoms with Gasteiger partial charge in [-0.1, -0.05) is 38.5 Å². The Morgan fingerprint density at radius 2 is 1.80 bits per heavy atom. The third-order valence-corrected chi connectivity index (χ3v) is 4.09. The molecule has 1 spiro atoms. The molecule has 2 aliphatic rings. The fourth-order valence-electron chi connectivity index (χ4n) is 3.13. The molecule has 0 saturated carbocycles. The van der Waals surface area contributed by atoms with Crippen molar-refractivity contribution in [3.63, 3.8) is 0 Å². The number of hydrogen-bond donors (Lipinski definition) is 1. The van der Waals surface area contributed by atoms with Gasteiger partial charge in [-0.3, -0.25) is 0 Å². The number of piperidine rings is 1. The van der Waals surface area contributed by atoms with Gasteiger partial charge in [0.1, 0.15) is 0 Å². The van der Waals surface area contributed by atoms with Crippen LogP contribution in [0.25, 0.3) is 0 Å². The van der Waals surface area contributed by atoms with E-state index in [4.69, 9.17) is 0 Å². The smallest absolute Gasteiger partial charge is 0.00205 e. The number of allylic oxidation sites excluding steroid dienone is 4. The molecule has 20 heavy (non-hydrogen) atoms. The maximum absolute atomic E-state index is 4.60. The lowest BCUT2D eigenvalue weighted by Gasteiger charge is -2.36. The van der Waals surface area contributed by atoms with Crippen molar-refractivity contribution in [1.82, 2.24) is 5.32 Å². The molecule has 1 fully saturated rings. The first-order valence-corrected chi connectivity index (χ1v) is 8.15. The quantitative estimate of drug-likeness (QED) is 0.691. The number of rotatable bonds is 2. The van der Waals surface area contributed by atoms with Crippen LogP contribution in [0, 0.1) is 17.8 Å². The fourth-order valence-corrected chi connectivity index (χ4v) is 3.13. The lowest BCUT2D eigenvalue weighted by Crippen LogP contribution is -2.36. The molecule has 1 heteroatoms. The Morgan fingerprint density at radius 3 is 2.30 bits per heavy atom. The van der Waals surface area contributed by atoms with Gasteiger partial charge in [0.05, 0.1) is 0 Å². The molecule has 1 aliphatic heterocycles. The highest BCUT2D eigenvalue weighted by Crippen LogP contribution is 2.49. The van der Waals surface area contributed by atoms with E-state index in [1.165, 1.54) is 38.8 Å². The Labute approximate surface area is 126 Å². The maximum Gasteiger partial charge on any atom is -0.00205 e. The zero-order chi connectivity index (χ0) is 15.4. The monoisotopic (exact) mass is 275 g/mol. The van der Waals surface area contributed by atoms with Crippen molar-refractivity contribution in [1.29, 1.82) is 0 Å². The second kappa shape index (κ2) is 10.7. The molecule has 0 amide bonds. The average Bonchev–Trinajstić information content (AvgIpc) is 2.77. The van der Waals surface area contributed by atoms with E-state index in [9.17, 15) is 0 Å². The van der Waals surface area contributed by atoms with Crippen LogP contribution in [0.15, 0.2) is 23.3 Å². The zero-order valence-corrected chi connectivity index (χ0v) is 14.2. The summed E-state index contributed by atoms with van der Waals surface area (Å²) in [6.45, 7) is 12.6. The van der Waals surface area contributed by atoms with Crippen LogP contribution in [-0.2, 0) is 0 Å². The van der Waals surface area contributed by atoms with Crippen LogP contribution in [0.5, 0.6) is 0 Å². The maximum atomic E-state index is 4.60. The van der Waals surface area contributed by atoms with Gasteiger partial charge in [0.15, 0.2) is 0 Å². The summed E-state index contributed by atoms with van der Waals surface area (Å²) in [5, 5.41) is 3.48. The van der Waals surface area contributed by atoms with Crippen LogP contribution >= 0.6 is 0 Å². The molecule has 1 nitrogen and oxygen atoms in total. The summed E-state index contributed by atoms with van der Waals surface area (Å²) in [6, 6.07) is 0. The molecule has 0 atom stereocenters. The van der Waals surface area contributed by atoms with Crippen LogP contribution in [-0.4, -0.2) is 13.1 Å². The van der Waals surface area contributed by atoms with Gasteiger partial charge in [0.25, 0.3) is 0 Å². The molecular weight excluding hydrogens is 242 g/mol. The summed E-state index contributed by atoms with van der Waals surface area (Å²) in [5.74, 6) is 2.25. The molecule has 0 bridgehead atoms. The van der Waals surface area contributed by atoms with Crippen LogP contribution < -0.4 is 5.32 Å². The van der Waals surface area contributed by atoms with Crippen molar-refractivity contribution in [2.75, 3.05) is 13.1 Å². The first kappa shape index (κ1) is 19.0. The molecule has 0 radical (unpaired) electrons. The summed E-state index contributed by atoms with van der Waals surface area (Å²) in [5.41, 5.74) is 3.86. The molecule has 1 aliphatic carbocycles. The van der Waals surface area contributed by atoms with E-state index in [1.807, 2.05) is 13.8 Å². The Balaban J connectivity index is 0.000000641. The summed E-state index contributed by atoms with van der Waals surface area (Å²) >= 11 is 0. The first-order valence-electron chi connectivity index (χ1n) is 8.15. The lowest BCUT2D eigenvalue weighted by atomic mass is 9.73. The third-order valence-electron chi connectivity index (χ3n) is 4.09. The van der Waals surface area contributed by atoms with Crippen LogP contribution in [0.2, 0.25) is 0 Å². The topological polar surface area (TPSA) is 12.0 Å². The van der Waals surface area contributed by atoms with E-state index >= 15 is 0 Å². The minimum absolute atomic E-state index is 0.543. The third kappa shape index (κ3) is 5.17. The largest absolute Gasteiger partial charge is 0.317 e. The van der Waals surface area contributed by atoms with E-state index in [1.54, 1.807) is 18.1 Å². The Bertz CT molecular complexity index is 348. The lowest BCUT2D eigenvalue weighted by molar-refractivity contribution is 0.257. The number of nitrogens with one attached hydrogen (secondary N) is 1. The van der Waals surface area contributed by atoms with Crippen molar-refractivity contribution in [3.8, 4) is 12.3 Å². The van der Waals surface area contributed by atoms with Crippen LogP contribution in [0.3, 0.4) is 0 Å². The van der Waals surface area contributed by atoms with Crippen molar-refractivity contribution in [2.24, 2.45) is 5.41 Å². The predicted molar refractivity (Wildman–Crippen MR) is 91.8 cm³/mol. The standard InChI is InChI=1S/C14H23N.C3H4.C2H6/c1-3-4-5-13-12(2)6-7-14(13)8-10-15-11-9-14;1-3-2;1-2/h4-5,15H,3,6-11H2,1-2H3;1H,2H3;1-2H3/b5-4-;;. The normalized spacial score (nSPS) is 20.0. The Morgan fingerprint density at radius 1 is 1.25 bits per heavy atom. The number of terminal acetylenes is 1. The summed E-state index contributed by atoms with van der Waals surface area (Å²) in [4.78, 5) is 0. The molecule has 0 aromatic rings. The minimum Gasteiger partial charge on any atom is -0.317 e. The molecule has 0 unspecified atom stereocenters. The number of hydrogen-bond acceptors (Lipinski definition) is 1. The second-order valence-electron chi connectivity index (χ2n) is 5.32. The fraction of sp³-hybridized carbons (Fsp3) is 0.684. The summed E-state index contributed by atoms with van der Waals surface area (Å²) < 4.78 is 0. The van der Waals surface area contributed by atoms with E-state index in [0.717, 1.165) is 6.42 Å². The van der Waals surface area contributed by atoms with Gasteiger partial charge in [0.2, 0.25) is 0 Å². The SMILES string of the molecule is C#CC.CC.CC/C=C\C1=C(C)CCC12CCNCC2. The first-order chi connectivity index (χ1) is 9.70. The van der Waals surface area contributed by atoms with Crippen molar-refractivity contribution in [2.45, 2.75) is 66.7 Å². The molecule has 114 valence electrons. The molecule has 0 aromatic heterocycles. The van der Waals surface area contributed by atoms with Crippen molar-refractivity contribution >= 4 is 0 Å². The Hall–Kier alpha value is -1.00. The minimum atomic E-state index is 0.543. The van der Waals surface area contributed by atoms with Gasteiger partial charge < -0.3 is 5.32 Å². The second-order valence-corrected chi connectivity index (χ2v) is 5.32. The molecule has 0 aromatic carbocycles. The van der Waals surface area contributed by atoms with Crippen molar-refractivity contribution < 1.29 is 0 Å². The van der Waals surface area contributed by atoms with Crippen LogP contribution in [0.4, 0.5) is 0 Å². The zero-order valence-electron chi connectivity index (χ0n) is 14.2. The highest BCUT2D eigenvalue weighted by atomic mass is 14.9. The van der Waals surface area contributed by atoms with E-state index in [0.29, 0.717) is 5.41 Å². The van der Waals surface area contributed by atoms with Gasteiger partial charge in [-0.25, -0.2) is 0 Å². The average molecular weight is 275 g/mol. The molecule has 1 N–H and O–H groups in total. The van der Waals surface area contributed by atoms with E-state index in [-0.39, 0.29) is 0 Å². The van der Waals surface area contributed by atoms with E-state index < -0.39 is 0 Å². The molecule has 2 rings (SSSR count). The van der Waals surface area contributed by atoms with Gasteiger partial charge in [-0.05, 0) is 70.0 Å². The van der Waals surface area contributed by atoms with Gasteiger partial charge >= 0.3 is 0 Å². The molecule has 1 heterocycles.